The van der Waals surface area contributed by atoms with Gasteiger partial charge in [-0.25, -0.2) is 19.4 Å². The van der Waals surface area contributed by atoms with Crippen LogP contribution in [0.3, 0.4) is 0 Å². The van der Waals surface area contributed by atoms with E-state index in [-0.39, 0.29) is 12.5 Å². The topological polar surface area (TPSA) is 82.8 Å². The largest absolute Gasteiger partial charge is 0.358 e. The number of hydrogen-bond donors (Lipinski definition) is 1. The summed E-state index contributed by atoms with van der Waals surface area (Å²) in [6.45, 7) is 3.26. The minimum Gasteiger partial charge on any atom is -0.358 e. The average Bonchev–Trinajstić information content (AvgIpc) is 3.32. The molecule has 0 bridgehead atoms. The standard InChI is InChI=1S/C23H25FN6O/c1-14-9-17(21-25-7-8-26-21)18(24)10-16(14)19-11-27-22-23(29-19)30(20(31)12-28-22)13-15-5-3-2-4-6-15/h7,9-11,15H,2-6,8,12-13H2,1H3,(H,27,28). The first-order valence-corrected chi connectivity index (χ1v) is 10.9. The Kier molecular flexibility index (Phi) is 5.21. The molecule has 0 radical (unpaired) electrons. The molecule has 31 heavy (non-hydrogen) atoms. The molecule has 1 aliphatic carbocycles. The third-order valence-electron chi connectivity index (χ3n) is 6.25. The fraction of sp³-hybridized carbons (Fsp3) is 0.435. The first kappa shape index (κ1) is 19.8. The summed E-state index contributed by atoms with van der Waals surface area (Å²) in [7, 11) is 0. The second kappa shape index (κ2) is 8.17. The van der Waals surface area contributed by atoms with Gasteiger partial charge in [0.05, 0.1) is 30.5 Å². The lowest BCUT2D eigenvalue weighted by molar-refractivity contribution is -0.117. The van der Waals surface area contributed by atoms with Crippen LogP contribution >= 0.6 is 0 Å². The van der Waals surface area contributed by atoms with Gasteiger partial charge in [0.2, 0.25) is 5.91 Å². The van der Waals surface area contributed by atoms with Crippen molar-refractivity contribution in [3.8, 4) is 11.3 Å². The molecule has 0 spiro atoms. The number of carbonyl (C=O) groups is 1. The summed E-state index contributed by atoms with van der Waals surface area (Å²) >= 11 is 0. The van der Waals surface area contributed by atoms with Crippen molar-refractivity contribution < 1.29 is 9.18 Å². The van der Waals surface area contributed by atoms with E-state index in [0.29, 0.717) is 53.3 Å². The summed E-state index contributed by atoms with van der Waals surface area (Å²) in [6.07, 6.45) is 9.26. The summed E-state index contributed by atoms with van der Waals surface area (Å²) in [5.41, 5.74) is 2.43. The van der Waals surface area contributed by atoms with E-state index in [0.717, 1.165) is 18.4 Å². The van der Waals surface area contributed by atoms with Crippen LogP contribution < -0.4 is 10.2 Å². The molecule has 3 aliphatic rings. The number of aromatic nitrogens is 2. The van der Waals surface area contributed by atoms with Crippen molar-refractivity contribution in [1.29, 1.82) is 0 Å². The maximum atomic E-state index is 14.9. The summed E-state index contributed by atoms with van der Waals surface area (Å²) in [4.78, 5) is 32.1. The van der Waals surface area contributed by atoms with Crippen molar-refractivity contribution in [2.24, 2.45) is 15.9 Å². The van der Waals surface area contributed by atoms with E-state index in [9.17, 15) is 9.18 Å². The number of aliphatic imine (C=N–C) groups is 2. The molecule has 0 unspecified atom stereocenters. The van der Waals surface area contributed by atoms with Gasteiger partial charge in [0.1, 0.15) is 5.82 Å². The van der Waals surface area contributed by atoms with Crippen LogP contribution in [0.4, 0.5) is 16.0 Å². The number of benzene rings is 1. The van der Waals surface area contributed by atoms with Crippen LogP contribution in [0.5, 0.6) is 0 Å². The molecule has 2 aliphatic heterocycles. The number of hydrogen-bond acceptors (Lipinski definition) is 6. The van der Waals surface area contributed by atoms with Crippen molar-refractivity contribution in [1.82, 2.24) is 9.97 Å². The second-order valence-electron chi connectivity index (χ2n) is 8.41. The zero-order valence-corrected chi connectivity index (χ0v) is 17.6. The third-order valence-corrected chi connectivity index (χ3v) is 6.25. The molecule has 1 fully saturated rings. The van der Waals surface area contributed by atoms with Gasteiger partial charge in [0.15, 0.2) is 17.5 Å². The Balaban J connectivity index is 1.50. The normalized spacial score (nSPS) is 18.7. The Labute approximate surface area is 180 Å². The lowest BCUT2D eigenvalue weighted by Gasteiger charge is -2.33. The zero-order chi connectivity index (χ0) is 21.4. The third kappa shape index (κ3) is 3.82. The number of rotatable bonds is 4. The number of fused-ring (bicyclic) bond motifs is 1. The van der Waals surface area contributed by atoms with Crippen molar-refractivity contribution in [3.05, 3.63) is 35.3 Å². The van der Waals surface area contributed by atoms with Gasteiger partial charge in [-0.2, -0.15) is 0 Å². The molecule has 1 saturated carbocycles. The minimum atomic E-state index is -0.397. The van der Waals surface area contributed by atoms with E-state index < -0.39 is 5.82 Å². The van der Waals surface area contributed by atoms with Gasteiger partial charge in [0, 0.05) is 18.3 Å². The number of nitrogens with zero attached hydrogens (tertiary/aromatic N) is 5. The fourth-order valence-electron chi connectivity index (χ4n) is 4.59. The molecule has 5 rings (SSSR count). The van der Waals surface area contributed by atoms with Gasteiger partial charge in [-0.15, -0.1) is 0 Å². The molecule has 3 heterocycles. The fourth-order valence-corrected chi connectivity index (χ4v) is 4.59. The lowest BCUT2D eigenvalue weighted by atomic mass is 9.89. The number of nitrogens with one attached hydrogen (secondary N) is 1. The van der Waals surface area contributed by atoms with Gasteiger partial charge in [-0.1, -0.05) is 19.3 Å². The Morgan fingerprint density at radius 3 is 2.81 bits per heavy atom. The molecule has 7 nitrogen and oxygen atoms in total. The summed E-state index contributed by atoms with van der Waals surface area (Å²) in [5.74, 6) is 1.64. The van der Waals surface area contributed by atoms with Crippen LogP contribution in [0.2, 0.25) is 0 Å². The lowest BCUT2D eigenvalue weighted by Crippen LogP contribution is -2.43. The monoisotopic (exact) mass is 420 g/mol. The Bertz CT molecular complexity index is 1090. The first-order chi connectivity index (χ1) is 15.1. The van der Waals surface area contributed by atoms with Crippen LogP contribution in [0.25, 0.3) is 11.3 Å². The van der Waals surface area contributed by atoms with Crippen LogP contribution in [0.1, 0.15) is 43.2 Å². The number of amidine groups is 1. The quantitative estimate of drug-likeness (QED) is 0.816. The highest BCUT2D eigenvalue weighted by molar-refractivity contribution is 6.07. The average molecular weight is 420 g/mol. The number of carbonyl (C=O) groups excluding carboxylic acids is 1. The molecule has 0 atom stereocenters. The van der Waals surface area contributed by atoms with Gasteiger partial charge < -0.3 is 5.32 Å². The van der Waals surface area contributed by atoms with Crippen molar-refractivity contribution in [2.75, 3.05) is 29.9 Å². The number of halogens is 1. The molecule has 8 heteroatoms. The maximum Gasteiger partial charge on any atom is 0.247 e. The van der Waals surface area contributed by atoms with E-state index in [1.165, 1.54) is 25.3 Å². The number of anilines is 2. The second-order valence-corrected chi connectivity index (χ2v) is 8.41. The van der Waals surface area contributed by atoms with Crippen molar-refractivity contribution >= 4 is 29.6 Å². The first-order valence-electron chi connectivity index (χ1n) is 10.9. The number of aryl methyl sites for hydroxylation is 1. The zero-order valence-electron chi connectivity index (χ0n) is 17.6. The van der Waals surface area contributed by atoms with Crippen LogP contribution in [0.15, 0.2) is 28.3 Å². The minimum absolute atomic E-state index is 0.000111. The molecular weight excluding hydrogens is 395 g/mol. The maximum absolute atomic E-state index is 14.9. The van der Waals surface area contributed by atoms with Crippen molar-refractivity contribution in [3.63, 3.8) is 0 Å². The van der Waals surface area contributed by atoms with Gasteiger partial charge >= 0.3 is 0 Å². The SMILES string of the molecule is Cc1cc(C2=NCC=N2)c(F)cc1-c1cnc2c(n1)N(CC1CCCCC1)C(=O)CN2. The molecule has 1 N–H and O–H groups in total. The van der Waals surface area contributed by atoms with E-state index in [1.807, 2.05) is 6.92 Å². The van der Waals surface area contributed by atoms with Gasteiger partial charge in [0.25, 0.3) is 0 Å². The highest BCUT2D eigenvalue weighted by Crippen LogP contribution is 2.33. The van der Waals surface area contributed by atoms with E-state index in [1.54, 1.807) is 23.4 Å². The molecular formula is C23H25FN6O. The number of amides is 1. The Morgan fingerprint density at radius 2 is 2.03 bits per heavy atom. The highest BCUT2D eigenvalue weighted by atomic mass is 19.1. The van der Waals surface area contributed by atoms with Crippen LogP contribution in [0, 0.1) is 18.7 Å². The molecule has 1 aromatic carbocycles. The van der Waals surface area contributed by atoms with Gasteiger partial charge in [-0.3, -0.25) is 14.7 Å². The Morgan fingerprint density at radius 1 is 1.19 bits per heavy atom. The van der Waals surface area contributed by atoms with E-state index in [4.69, 9.17) is 4.98 Å². The molecule has 2 aromatic rings. The highest BCUT2D eigenvalue weighted by Gasteiger charge is 2.30. The predicted molar refractivity (Wildman–Crippen MR) is 119 cm³/mol. The molecule has 160 valence electrons. The molecule has 1 amide bonds. The molecule has 0 saturated heterocycles. The summed E-state index contributed by atoms with van der Waals surface area (Å²) in [6, 6.07) is 3.21. The smallest absolute Gasteiger partial charge is 0.247 e. The van der Waals surface area contributed by atoms with Crippen LogP contribution in [-0.4, -0.2) is 47.6 Å². The summed E-state index contributed by atoms with van der Waals surface area (Å²) in [5, 5.41) is 3.06. The van der Waals surface area contributed by atoms with Crippen molar-refractivity contribution in [2.45, 2.75) is 39.0 Å². The van der Waals surface area contributed by atoms with Crippen LogP contribution in [-0.2, 0) is 4.79 Å². The molecule has 1 aromatic heterocycles. The van der Waals surface area contributed by atoms with Gasteiger partial charge in [-0.05, 0) is 43.4 Å². The summed E-state index contributed by atoms with van der Waals surface area (Å²) < 4.78 is 14.9. The van der Waals surface area contributed by atoms with E-state index in [2.05, 4.69) is 20.3 Å². The predicted octanol–water partition coefficient (Wildman–Crippen LogP) is 3.76. The Hall–Kier alpha value is -3.16. The van der Waals surface area contributed by atoms with E-state index >= 15 is 0 Å².